The zero-order valence-electron chi connectivity index (χ0n) is 50.1. The van der Waals surface area contributed by atoms with Crippen molar-refractivity contribution in [1.82, 2.24) is 39.3 Å². The fourth-order valence-corrected chi connectivity index (χ4v) is 8.97. The molecular formula is C65H130N8O11. The molecule has 2 amide bonds. The van der Waals surface area contributed by atoms with Crippen LogP contribution in [0.25, 0.3) is 0 Å². The Balaban J connectivity index is -0.000000160. The van der Waals surface area contributed by atoms with Gasteiger partial charge >= 0.3 is 12.2 Å². The molecule has 2 N–H and O–H groups in total. The summed E-state index contributed by atoms with van der Waals surface area (Å²) in [6.07, 6.45) is 18.4. The minimum atomic E-state index is -0.425. The fraction of sp³-hybridized carbons (Fsp3) is 0.769. The van der Waals surface area contributed by atoms with Gasteiger partial charge < -0.3 is 48.9 Å². The molecule has 1 aromatic heterocycles. The molecule has 8 heterocycles. The second-order valence-electron chi connectivity index (χ2n) is 21.9. The first-order valence-corrected chi connectivity index (χ1v) is 27.7. The number of ketones is 4. The molecule has 10 atom stereocenters. The van der Waals surface area contributed by atoms with Crippen molar-refractivity contribution >= 4 is 35.3 Å². The van der Waals surface area contributed by atoms with E-state index in [-0.39, 0.29) is 87.8 Å². The van der Waals surface area contributed by atoms with Crippen molar-refractivity contribution in [3.05, 3.63) is 49.1 Å². The predicted octanol–water partition coefficient (Wildman–Crippen LogP) is 11.4. The van der Waals surface area contributed by atoms with Crippen LogP contribution in [0, 0.1) is 5.92 Å². The molecule has 0 aliphatic carbocycles. The zero-order chi connectivity index (χ0) is 58.4. The zero-order valence-corrected chi connectivity index (χ0v) is 50.1. The molecule has 7 aliphatic rings. The molecule has 84 heavy (non-hydrogen) atoms. The van der Waals surface area contributed by atoms with Crippen molar-refractivity contribution in [3.8, 4) is 5.75 Å². The topological polar surface area (TPSA) is 206 Å². The number of carbonyl (C=O) groups excluding carboxylic acids is 6. The van der Waals surface area contributed by atoms with Crippen LogP contribution in [-0.4, -0.2) is 229 Å². The monoisotopic (exact) mass is 1200 g/mol. The Labute approximate surface area is 514 Å². The summed E-state index contributed by atoms with van der Waals surface area (Å²) in [6.45, 7) is 22.0. The van der Waals surface area contributed by atoms with Gasteiger partial charge in [0, 0.05) is 132 Å². The van der Waals surface area contributed by atoms with Gasteiger partial charge in [0.1, 0.15) is 17.3 Å². The number of piperidine rings is 5. The number of hydrogen-bond donors (Lipinski definition) is 2. The van der Waals surface area contributed by atoms with Crippen LogP contribution in [0.5, 0.6) is 5.75 Å². The lowest BCUT2D eigenvalue weighted by atomic mass is 9.94. The highest BCUT2D eigenvalue weighted by atomic mass is 16.5. The third kappa shape index (κ3) is 38.4. The number of rotatable bonds is 1. The summed E-state index contributed by atoms with van der Waals surface area (Å²) >= 11 is 0. The average molecular weight is 1200 g/mol. The molecule has 19 nitrogen and oxygen atoms in total. The van der Waals surface area contributed by atoms with Crippen LogP contribution in [-0.2, 0) is 28.7 Å². The highest BCUT2D eigenvalue weighted by Crippen LogP contribution is 2.21. The van der Waals surface area contributed by atoms with Gasteiger partial charge in [0.05, 0.1) is 33.5 Å². The van der Waals surface area contributed by atoms with Crippen LogP contribution in [0.15, 0.2) is 49.1 Å². The van der Waals surface area contributed by atoms with E-state index in [4.69, 9.17) is 4.74 Å². The van der Waals surface area contributed by atoms with E-state index in [1.165, 1.54) is 68.0 Å². The minimum Gasteiger partial charge on any atom is -0.497 e. The Bertz CT molecular complexity index is 1810. The quantitative estimate of drug-likeness (QED) is 0.268. The number of pyridine rings is 1. The Hall–Kier alpha value is -4.63. The normalized spacial score (nSPS) is 26.5. The van der Waals surface area contributed by atoms with Crippen molar-refractivity contribution < 1.29 is 53.2 Å². The lowest BCUT2D eigenvalue weighted by Crippen LogP contribution is -2.39. The Morgan fingerprint density at radius 2 is 0.786 bits per heavy atom. The maximum Gasteiger partial charge on any atom is 0.413 e. The molecule has 0 radical (unpaired) electrons. The molecular weight excluding hydrogens is 1070 g/mol. The number of nitrogens with zero attached hydrogens (tertiary/aromatic N) is 8. The fourth-order valence-electron chi connectivity index (χ4n) is 8.97. The van der Waals surface area contributed by atoms with Crippen molar-refractivity contribution in [1.29, 1.82) is 0 Å². The van der Waals surface area contributed by atoms with Gasteiger partial charge in [0.15, 0.2) is 11.6 Å². The summed E-state index contributed by atoms with van der Waals surface area (Å²) in [6, 6.07) is 6.28. The number of aliphatic hydroxyl groups excluding tert-OH is 2. The van der Waals surface area contributed by atoms with Crippen molar-refractivity contribution in [2.24, 2.45) is 5.92 Å². The van der Waals surface area contributed by atoms with Gasteiger partial charge in [0.25, 0.3) is 0 Å². The molecule has 5 fully saturated rings. The number of amides is 2. The summed E-state index contributed by atoms with van der Waals surface area (Å²) in [5.74, 6) is 2.72. The third-order valence-corrected chi connectivity index (χ3v) is 15.3. The van der Waals surface area contributed by atoms with Gasteiger partial charge in [-0.1, -0.05) is 58.9 Å². The van der Waals surface area contributed by atoms with E-state index in [2.05, 4.69) is 116 Å². The lowest BCUT2D eigenvalue weighted by Gasteiger charge is -2.33. The number of hydrogen-bond acceptors (Lipinski definition) is 17. The van der Waals surface area contributed by atoms with Crippen LogP contribution < -0.4 is 4.74 Å². The molecule has 0 saturated carbocycles. The standard InChI is InChI=1S/2C8H11NO3.C8H17N.2C7H15NO.2C7H13NO.C6H7NO.7CH4/c2*1-6-5-7(10)3-4-9(6)8(11)12-2;1-7-4-5-9(3)8(2)6-7;4*1-6-5-7(9)3-4-8(6)2;1-8-6-2-4-7-5-3-6;;;;;;;/h2*3-4,6H,5H2,1-2H3;7-8H,4-6H2,1-3H3;2*6-7,9H,3-5H2,1-2H3;2*6H,3-5H2,1-2H3;2-5H,1H3;7*1H4. The molecule has 0 bridgehead atoms. The van der Waals surface area contributed by atoms with Gasteiger partial charge in [-0.25, -0.2) is 9.59 Å². The molecule has 19 heteroatoms. The van der Waals surface area contributed by atoms with Gasteiger partial charge in [-0.2, -0.15) is 0 Å². The highest BCUT2D eigenvalue weighted by Gasteiger charge is 2.26. The predicted molar refractivity (Wildman–Crippen MR) is 351 cm³/mol. The number of ether oxygens (including phenoxy) is 3. The Kier molecular flexibility index (Phi) is 56.0. The minimum absolute atomic E-state index is 0. The second kappa shape index (κ2) is 50.5. The molecule has 0 spiro atoms. The maximum absolute atomic E-state index is 11.0. The van der Waals surface area contributed by atoms with E-state index in [1.807, 2.05) is 0 Å². The number of allylic oxidation sites excluding steroid dienone is 2. The number of Topliss-reactive ketones (excluding diaryl/α,β-unsaturated/α-hetero) is 2. The summed E-state index contributed by atoms with van der Waals surface area (Å²) in [4.78, 5) is 83.4. The largest absolute Gasteiger partial charge is 0.497 e. The van der Waals surface area contributed by atoms with Crippen LogP contribution >= 0.6 is 0 Å². The number of methoxy groups -OCH3 is 3. The van der Waals surface area contributed by atoms with E-state index < -0.39 is 12.2 Å². The first-order valence-electron chi connectivity index (χ1n) is 27.7. The number of likely N-dealkylation sites (tertiary alicyclic amines) is 5. The number of aliphatic hydroxyl groups is 2. The lowest BCUT2D eigenvalue weighted by molar-refractivity contribution is -0.123. The molecule has 8 rings (SSSR count). The first kappa shape index (κ1) is 93.1. The third-order valence-electron chi connectivity index (χ3n) is 15.3. The first-order chi connectivity index (χ1) is 36.2. The SMILES string of the molecule is C.C.C.C.C.C.C.CC1CC(=O)CCN1C.CC1CC(=O)CCN1C.CC1CC(O)CCN1C.CC1CC(O)CCN1C.CC1CCN(C)C(C)C1.COC(=O)N1C=CC(=O)CC1C.COC(=O)N1C=CC(=O)CC1C.COc1ccncc1. The van der Waals surface area contributed by atoms with Gasteiger partial charge in [0.2, 0.25) is 0 Å². The van der Waals surface area contributed by atoms with E-state index in [0.29, 0.717) is 48.6 Å². The molecule has 10 unspecified atom stereocenters. The molecule has 5 saturated heterocycles. The van der Waals surface area contributed by atoms with Crippen molar-refractivity contribution in [3.63, 3.8) is 0 Å². The van der Waals surface area contributed by atoms with E-state index in [0.717, 1.165) is 95.3 Å². The van der Waals surface area contributed by atoms with Gasteiger partial charge in [-0.3, -0.25) is 34.0 Å². The summed E-state index contributed by atoms with van der Waals surface area (Å²) in [7, 11) is 14.8. The van der Waals surface area contributed by atoms with Crippen LogP contribution in [0.3, 0.4) is 0 Å². The van der Waals surface area contributed by atoms with E-state index >= 15 is 0 Å². The van der Waals surface area contributed by atoms with Gasteiger partial charge in [-0.15, -0.1) is 0 Å². The Morgan fingerprint density at radius 1 is 0.464 bits per heavy atom. The maximum atomic E-state index is 11.0. The molecule has 0 aromatic carbocycles. The van der Waals surface area contributed by atoms with E-state index in [9.17, 15) is 39.0 Å². The van der Waals surface area contributed by atoms with Crippen molar-refractivity contribution in [2.45, 2.75) is 239 Å². The van der Waals surface area contributed by atoms with Gasteiger partial charge in [-0.05, 0) is 159 Å². The Morgan fingerprint density at radius 3 is 1.02 bits per heavy atom. The van der Waals surface area contributed by atoms with E-state index in [1.54, 1.807) is 45.5 Å². The van der Waals surface area contributed by atoms with Crippen molar-refractivity contribution in [2.75, 3.05) is 89.3 Å². The highest BCUT2D eigenvalue weighted by molar-refractivity contribution is 5.92. The summed E-state index contributed by atoms with van der Waals surface area (Å²) in [5.41, 5.74) is 0. The second-order valence-corrected chi connectivity index (χ2v) is 21.9. The number of aromatic nitrogens is 1. The smallest absolute Gasteiger partial charge is 0.413 e. The summed E-state index contributed by atoms with van der Waals surface area (Å²) in [5, 5.41) is 18.3. The van der Waals surface area contributed by atoms with Crippen LogP contribution in [0.2, 0.25) is 0 Å². The number of carbonyl (C=O) groups is 6. The van der Waals surface area contributed by atoms with Crippen LogP contribution in [0.4, 0.5) is 9.59 Å². The van der Waals surface area contributed by atoms with Crippen LogP contribution in [0.1, 0.15) is 184 Å². The summed E-state index contributed by atoms with van der Waals surface area (Å²) < 4.78 is 13.9. The molecule has 496 valence electrons. The average Bonchev–Trinajstić information content (AvgIpc) is 3.39. The molecule has 1 aromatic rings. The molecule has 7 aliphatic heterocycles.